The van der Waals surface area contributed by atoms with Crippen LogP contribution in [0.2, 0.25) is 5.02 Å². The molecule has 1 unspecified atom stereocenters. The van der Waals surface area contributed by atoms with E-state index in [9.17, 15) is 4.79 Å². The lowest BCUT2D eigenvalue weighted by Gasteiger charge is -2.25. The normalized spacial score (nSPS) is 11.6. The van der Waals surface area contributed by atoms with Crippen LogP contribution >= 0.6 is 24.0 Å². The first-order valence-electron chi connectivity index (χ1n) is 6.33. The van der Waals surface area contributed by atoms with E-state index in [-0.39, 0.29) is 30.9 Å². The van der Waals surface area contributed by atoms with Gasteiger partial charge in [0, 0.05) is 12.1 Å². The fourth-order valence-electron chi connectivity index (χ4n) is 1.97. The summed E-state index contributed by atoms with van der Waals surface area (Å²) in [7, 11) is 1.75. The molecule has 0 aliphatic heterocycles. The fourth-order valence-corrected chi connectivity index (χ4v) is 2.17. The molecule has 1 atom stereocenters. The summed E-state index contributed by atoms with van der Waals surface area (Å²) in [5.41, 5.74) is 6.96. The third-order valence-corrected chi connectivity index (χ3v) is 3.57. The Labute approximate surface area is 135 Å². The first-order valence-corrected chi connectivity index (χ1v) is 6.71. The number of halogens is 2. The van der Waals surface area contributed by atoms with E-state index in [2.05, 4.69) is 0 Å². The highest BCUT2D eigenvalue weighted by Crippen LogP contribution is 2.23. The van der Waals surface area contributed by atoms with Crippen LogP contribution in [0.3, 0.4) is 0 Å². The first-order chi connectivity index (χ1) is 9.52. The van der Waals surface area contributed by atoms with Crippen molar-refractivity contribution in [2.24, 2.45) is 5.73 Å². The highest BCUT2D eigenvalue weighted by molar-refractivity contribution is 6.30. The lowest BCUT2D eigenvalue weighted by Crippen LogP contribution is -2.29. The Bertz CT molecular complexity index is 613. The van der Waals surface area contributed by atoms with Crippen LogP contribution in [0.15, 0.2) is 41.0 Å². The number of nitrogens with zero attached hydrogens (tertiary/aromatic N) is 1. The molecule has 1 heterocycles. The highest BCUT2D eigenvalue weighted by Gasteiger charge is 2.20. The van der Waals surface area contributed by atoms with Crippen LogP contribution in [0.4, 0.5) is 0 Å². The van der Waals surface area contributed by atoms with Gasteiger partial charge in [0.05, 0.1) is 18.2 Å². The van der Waals surface area contributed by atoms with Crippen LogP contribution in [-0.4, -0.2) is 17.9 Å². The van der Waals surface area contributed by atoms with E-state index in [4.69, 9.17) is 21.8 Å². The molecule has 0 aliphatic rings. The lowest BCUT2D eigenvalue weighted by atomic mass is 10.1. The summed E-state index contributed by atoms with van der Waals surface area (Å²) in [6.45, 7) is 2.23. The SMILES string of the molecule is CC(c1cccc(Cl)c1)N(C)C(=O)c1coc(CN)c1.Cl. The van der Waals surface area contributed by atoms with Crippen LogP contribution in [0.5, 0.6) is 0 Å². The van der Waals surface area contributed by atoms with E-state index in [1.165, 1.54) is 6.26 Å². The number of benzene rings is 1. The van der Waals surface area contributed by atoms with E-state index in [1.807, 2.05) is 31.2 Å². The molecule has 0 saturated heterocycles. The Kier molecular flexibility index (Phi) is 6.27. The molecular weight excluding hydrogens is 311 g/mol. The van der Waals surface area contributed by atoms with Crippen molar-refractivity contribution in [1.82, 2.24) is 4.90 Å². The molecule has 1 amide bonds. The fraction of sp³-hybridized carbons (Fsp3) is 0.267. The van der Waals surface area contributed by atoms with Gasteiger partial charge in [-0.2, -0.15) is 0 Å². The van der Waals surface area contributed by atoms with E-state index < -0.39 is 0 Å². The second-order valence-electron chi connectivity index (χ2n) is 4.65. The Morgan fingerprint density at radius 1 is 1.43 bits per heavy atom. The van der Waals surface area contributed by atoms with E-state index >= 15 is 0 Å². The zero-order valence-electron chi connectivity index (χ0n) is 11.9. The number of furan rings is 1. The van der Waals surface area contributed by atoms with Crippen molar-refractivity contribution < 1.29 is 9.21 Å². The molecule has 0 bridgehead atoms. The highest BCUT2D eigenvalue weighted by atomic mass is 35.5. The summed E-state index contributed by atoms with van der Waals surface area (Å²) in [6.07, 6.45) is 1.44. The van der Waals surface area contributed by atoms with Crippen molar-refractivity contribution in [1.29, 1.82) is 0 Å². The Hall–Kier alpha value is -1.49. The quantitative estimate of drug-likeness (QED) is 0.931. The topological polar surface area (TPSA) is 59.5 Å². The number of nitrogens with two attached hydrogens (primary N) is 1. The predicted octanol–water partition coefficient (Wildman–Crippen LogP) is 3.65. The third-order valence-electron chi connectivity index (χ3n) is 3.33. The number of hydrogen-bond donors (Lipinski definition) is 1. The zero-order valence-corrected chi connectivity index (χ0v) is 13.4. The van der Waals surface area contributed by atoms with Gasteiger partial charge < -0.3 is 15.1 Å². The van der Waals surface area contributed by atoms with Gasteiger partial charge in [0.15, 0.2) is 0 Å². The van der Waals surface area contributed by atoms with Gasteiger partial charge in [-0.05, 0) is 30.7 Å². The third kappa shape index (κ3) is 4.00. The summed E-state index contributed by atoms with van der Waals surface area (Å²) >= 11 is 5.98. The molecule has 0 radical (unpaired) electrons. The molecule has 0 saturated carbocycles. The van der Waals surface area contributed by atoms with Gasteiger partial charge in [0.1, 0.15) is 12.0 Å². The molecule has 2 rings (SSSR count). The number of hydrogen-bond acceptors (Lipinski definition) is 3. The van der Waals surface area contributed by atoms with Crippen molar-refractivity contribution in [3.63, 3.8) is 0 Å². The summed E-state index contributed by atoms with van der Waals surface area (Å²) in [4.78, 5) is 14.0. The van der Waals surface area contributed by atoms with Crippen molar-refractivity contribution in [2.45, 2.75) is 19.5 Å². The molecule has 6 heteroatoms. The van der Waals surface area contributed by atoms with Crippen LogP contribution in [0.25, 0.3) is 0 Å². The number of carbonyl (C=O) groups is 1. The maximum absolute atomic E-state index is 12.4. The number of amides is 1. The van der Waals surface area contributed by atoms with Gasteiger partial charge in [-0.3, -0.25) is 4.79 Å². The first kappa shape index (κ1) is 17.6. The van der Waals surface area contributed by atoms with Gasteiger partial charge in [0.25, 0.3) is 5.91 Å². The second-order valence-corrected chi connectivity index (χ2v) is 5.09. The average molecular weight is 329 g/mol. The monoisotopic (exact) mass is 328 g/mol. The van der Waals surface area contributed by atoms with Gasteiger partial charge in [-0.15, -0.1) is 12.4 Å². The standard InChI is InChI=1S/C15H17ClN2O2.ClH/c1-10(11-4-3-5-13(16)6-11)18(2)15(19)12-7-14(8-17)20-9-12;/h3-7,9-10H,8,17H2,1-2H3;1H. The predicted molar refractivity (Wildman–Crippen MR) is 85.8 cm³/mol. The molecule has 0 spiro atoms. The maximum Gasteiger partial charge on any atom is 0.257 e. The summed E-state index contributed by atoms with van der Waals surface area (Å²) in [5.74, 6) is 0.484. The molecule has 114 valence electrons. The molecule has 21 heavy (non-hydrogen) atoms. The van der Waals surface area contributed by atoms with Crippen LogP contribution in [0.1, 0.15) is 34.6 Å². The van der Waals surface area contributed by atoms with Gasteiger partial charge >= 0.3 is 0 Å². The Balaban J connectivity index is 0.00000220. The summed E-state index contributed by atoms with van der Waals surface area (Å²) in [5, 5.41) is 0.656. The van der Waals surface area contributed by atoms with E-state index in [0.29, 0.717) is 16.3 Å². The van der Waals surface area contributed by atoms with E-state index in [0.717, 1.165) is 5.56 Å². The molecule has 0 fully saturated rings. The molecular formula is C15H18Cl2N2O2. The molecule has 2 N–H and O–H groups in total. The van der Waals surface area contributed by atoms with Gasteiger partial charge in [-0.1, -0.05) is 23.7 Å². The minimum atomic E-state index is -0.110. The maximum atomic E-state index is 12.4. The Morgan fingerprint density at radius 2 is 2.14 bits per heavy atom. The van der Waals surface area contributed by atoms with E-state index in [1.54, 1.807) is 18.0 Å². The molecule has 0 aliphatic carbocycles. The van der Waals surface area contributed by atoms with Crippen LogP contribution < -0.4 is 5.73 Å². The Morgan fingerprint density at radius 3 is 2.71 bits per heavy atom. The van der Waals surface area contributed by atoms with Crippen molar-refractivity contribution >= 4 is 29.9 Å². The molecule has 1 aromatic heterocycles. The summed E-state index contributed by atoms with van der Waals surface area (Å²) in [6, 6.07) is 9.07. The second kappa shape index (κ2) is 7.50. The lowest BCUT2D eigenvalue weighted by molar-refractivity contribution is 0.0742. The largest absolute Gasteiger partial charge is 0.467 e. The van der Waals surface area contributed by atoms with Gasteiger partial charge in [-0.25, -0.2) is 0 Å². The van der Waals surface area contributed by atoms with Crippen molar-refractivity contribution in [2.75, 3.05) is 7.05 Å². The molecule has 4 nitrogen and oxygen atoms in total. The minimum absolute atomic E-state index is 0. The molecule has 1 aromatic carbocycles. The number of rotatable bonds is 4. The van der Waals surface area contributed by atoms with Crippen molar-refractivity contribution in [3.8, 4) is 0 Å². The minimum Gasteiger partial charge on any atom is -0.467 e. The number of carbonyl (C=O) groups excluding carboxylic acids is 1. The van der Waals surface area contributed by atoms with Crippen LogP contribution in [0, 0.1) is 0 Å². The smallest absolute Gasteiger partial charge is 0.257 e. The van der Waals surface area contributed by atoms with Crippen molar-refractivity contribution in [3.05, 3.63) is 58.5 Å². The van der Waals surface area contributed by atoms with Crippen LogP contribution in [-0.2, 0) is 6.54 Å². The molecule has 2 aromatic rings. The zero-order chi connectivity index (χ0) is 14.7. The van der Waals surface area contributed by atoms with Gasteiger partial charge in [0.2, 0.25) is 0 Å². The average Bonchev–Trinajstić information content (AvgIpc) is 2.93. The summed E-state index contributed by atoms with van der Waals surface area (Å²) < 4.78 is 5.20.